The Kier molecular flexibility index (Phi) is 8.25. The van der Waals surface area contributed by atoms with Crippen LogP contribution in [0.15, 0.2) is 24.3 Å². The van der Waals surface area contributed by atoms with Crippen molar-refractivity contribution in [2.45, 2.75) is 39.7 Å². The van der Waals surface area contributed by atoms with Crippen LogP contribution >= 0.6 is 0 Å². The molecule has 0 aromatic heterocycles. The van der Waals surface area contributed by atoms with Gasteiger partial charge in [0.1, 0.15) is 5.60 Å². The molecule has 0 radical (unpaired) electrons. The highest BCUT2D eigenvalue weighted by atomic mass is 16.6. The van der Waals surface area contributed by atoms with Crippen molar-refractivity contribution < 1.29 is 28.7 Å². The molecule has 0 saturated carbocycles. The Balaban J connectivity index is 2.30. The molecular weight excluding hydrogens is 354 g/mol. The molecule has 0 fully saturated rings. The standard InChI is InChI=1S/C18H25N3O6/c1-12(22)20-13-6-5-7-14(10-13)21-15(23)11-26-16(24)8-9-19-17(25)27-18(2,3)4/h5-7,10H,8-9,11H2,1-4H3,(H,19,25)(H,20,22)(H,21,23). The van der Waals surface area contributed by atoms with Gasteiger partial charge in [0.25, 0.3) is 5.91 Å². The fourth-order valence-electron chi connectivity index (χ4n) is 1.87. The van der Waals surface area contributed by atoms with Crippen molar-refractivity contribution in [1.29, 1.82) is 0 Å². The van der Waals surface area contributed by atoms with E-state index in [9.17, 15) is 19.2 Å². The molecule has 148 valence electrons. The maximum Gasteiger partial charge on any atom is 0.407 e. The summed E-state index contributed by atoms with van der Waals surface area (Å²) < 4.78 is 9.87. The minimum Gasteiger partial charge on any atom is -0.456 e. The van der Waals surface area contributed by atoms with Gasteiger partial charge in [-0.1, -0.05) is 6.07 Å². The molecule has 0 heterocycles. The van der Waals surface area contributed by atoms with Gasteiger partial charge in [-0.05, 0) is 39.0 Å². The molecular formula is C18H25N3O6. The molecule has 0 saturated heterocycles. The zero-order valence-corrected chi connectivity index (χ0v) is 15.9. The lowest BCUT2D eigenvalue weighted by Gasteiger charge is -2.19. The zero-order valence-electron chi connectivity index (χ0n) is 15.9. The Labute approximate surface area is 157 Å². The number of rotatable bonds is 7. The van der Waals surface area contributed by atoms with E-state index in [1.165, 1.54) is 6.92 Å². The van der Waals surface area contributed by atoms with Gasteiger partial charge < -0.3 is 25.4 Å². The highest BCUT2D eigenvalue weighted by molar-refractivity contribution is 5.94. The summed E-state index contributed by atoms with van der Waals surface area (Å²) in [5.74, 6) is -1.39. The number of amides is 3. The molecule has 1 aromatic rings. The van der Waals surface area contributed by atoms with Crippen LogP contribution in [0.4, 0.5) is 16.2 Å². The topological polar surface area (TPSA) is 123 Å². The van der Waals surface area contributed by atoms with E-state index in [1.807, 2.05) is 0 Å². The first-order valence-electron chi connectivity index (χ1n) is 8.35. The van der Waals surface area contributed by atoms with Gasteiger partial charge in [-0.2, -0.15) is 0 Å². The number of anilines is 2. The fraction of sp³-hybridized carbons (Fsp3) is 0.444. The number of carbonyl (C=O) groups excluding carboxylic acids is 4. The summed E-state index contributed by atoms with van der Waals surface area (Å²) in [6, 6.07) is 6.55. The van der Waals surface area contributed by atoms with Crippen LogP contribution in [-0.2, 0) is 23.9 Å². The normalized spacial score (nSPS) is 10.5. The van der Waals surface area contributed by atoms with Crippen molar-refractivity contribution in [2.24, 2.45) is 0 Å². The Morgan fingerprint density at radius 2 is 1.67 bits per heavy atom. The van der Waals surface area contributed by atoms with Crippen LogP contribution in [0.25, 0.3) is 0 Å². The lowest BCUT2D eigenvalue weighted by Crippen LogP contribution is -2.34. The van der Waals surface area contributed by atoms with Gasteiger partial charge in [-0.3, -0.25) is 14.4 Å². The van der Waals surface area contributed by atoms with Crippen LogP contribution in [0, 0.1) is 0 Å². The van der Waals surface area contributed by atoms with Crippen molar-refractivity contribution in [3.05, 3.63) is 24.3 Å². The SMILES string of the molecule is CC(=O)Nc1cccc(NC(=O)COC(=O)CCNC(=O)OC(C)(C)C)c1. The average Bonchev–Trinajstić information content (AvgIpc) is 2.51. The highest BCUT2D eigenvalue weighted by Crippen LogP contribution is 2.14. The van der Waals surface area contributed by atoms with Gasteiger partial charge in [-0.15, -0.1) is 0 Å². The predicted molar refractivity (Wildman–Crippen MR) is 99.2 cm³/mol. The van der Waals surface area contributed by atoms with Crippen LogP contribution in [0.2, 0.25) is 0 Å². The van der Waals surface area contributed by atoms with E-state index in [0.717, 1.165) is 0 Å². The van der Waals surface area contributed by atoms with E-state index < -0.39 is 30.2 Å². The summed E-state index contributed by atoms with van der Waals surface area (Å²) in [6.07, 6.45) is -0.725. The summed E-state index contributed by atoms with van der Waals surface area (Å²) in [5.41, 5.74) is 0.360. The highest BCUT2D eigenvalue weighted by Gasteiger charge is 2.16. The number of ether oxygens (including phenoxy) is 2. The van der Waals surface area contributed by atoms with Crippen LogP contribution in [0.1, 0.15) is 34.1 Å². The maximum absolute atomic E-state index is 11.8. The molecule has 9 heteroatoms. The van der Waals surface area contributed by atoms with Crippen molar-refractivity contribution >= 4 is 35.3 Å². The van der Waals surface area contributed by atoms with Crippen LogP contribution < -0.4 is 16.0 Å². The van der Waals surface area contributed by atoms with E-state index >= 15 is 0 Å². The van der Waals surface area contributed by atoms with E-state index in [4.69, 9.17) is 9.47 Å². The zero-order chi connectivity index (χ0) is 20.4. The number of esters is 1. The number of benzene rings is 1. The molecule has 0 aliphatic heterocycles. The molecule has 0 atom stereocenters. The lowest BCUT2D eigenvalue weighted by molar-refractivity contribution is -0.147. The van der Waals surface area contributed by atoms with Crippen molar-refractivity contribution in [1.82, 2.24) is 5.32 Å². The van der Waals surface area contributed by atoms with Gasteiger partial charge in [-0.25, -0.2) is 4.79 Å². The molecule has 0 aliphatic carbocycles. The Morgan fingerprint density at radius 1 is 1.04 bits per heavy atom. The second kappa shape index (κ2) is 10.1. The summed E-state index contributed by atoms with van der Waals surface area (Å²) in [5, 5.41) is 7.57. The first-order valence-corrected chi connectivity index (χ1v) is 8.35. The van der Waals surface area contributed by atoms with Gasteiger partial charge in [0.15, 0.2) is 6.61 Å². The third-order valence-electron chi connectivity index (χ3n) is 2.83. The number of carbonyl (C=O) groups is 4. The van der Waals surface area contributed by atoms with Crippen LogP contribution in [-0.4, -0.2) is 42.6 Å². The molecule has 1 rings (SSSR count). The molecule has 0 spiro atoms. The molecule has 27 heavy (non-hydrogen) atoms. The largest absolute Gasteiger partial charge is 0.456 e. The van der Waals surface area contributed by atoms with Gasteiger partial charge in [0, 0.05) is 24.8 Å². The predicted octanol–water partition coefficient (Wildman–Crippen LogP) is 2.04. The molecule has 3 N–H and O–H groups in total. The van der Waals surface area contributed by atoms with Crippen molar-refractivity contribution in [2.75, 3.05) is 23.8 Å². The Hall–Kier alpha value is -3.10. The van der Waals surface area contributed by atoms with Crippen molar-refractivity contribution in [3.63, 3.8) is 0 Å². The first kappa shape index (κ1) is 21.9. The third kappa shape index (κ3) is 10.5. The summed E-state index contributed by atoms with van der Waals surface area (Å²) in [6.45, 7) is 6.13. The molecule has 3 amide bonds. The Bertz CT molecular complexity index is 697. The molecule has 0 bridgehead atoms. The second-order valence-corrected chi connectivity index (χ2v) is 6.65. The summed E-state index contributed by atoms with van der Waals surface area (Å²) in [7, 11) is 0. The fourth-order valence-corrected chi connectivity index (χ4v) is 1.87. The summed E-state index contributed by atoms with van der Waals surface area (Å²) >= 11 is 0. The van der Waals surface area contributed by atoms with Crippen molar-refractivity contribution in [3.8, 4) is 0 Å². The van der Waals surface area contributed by atoms with E-state index in [2.05, 4.69) is 16.0 Å². The van der Waals surface area contributed by atoms with Crippen LogP contribution in [0.3, 0.4) is 0 Å². The number of hydrogen-bond donors (Lipinski definition) is 3. The molecule has 9 nitrogen and oxygen atoms in total. The summed E-state index contributed by atoms with van der Waals surface area (Å²) in [4.78, 5) is 45.9. The molecule has 0 unspecified atom stereocenters. The number of alkyl carbamates (subject to hydrolysis) is 1. The number of hydrogen-bond acceptors (Lipinski definition) is 6. The quantitative estimate of drug-likeness (QED) is 0.623. The van der Waals surface area contributed by atoms with Gasteiger partial charge >= 0.3 is 12.1 Å². The van der Waals surface area contributed by atoms with E-state index in [0.29, 0.717) is 11.4 Å². The minimum absolute atomic E-state index is 0.0358. The molecule has 0 aliphatic rings. The van der Waals surface area contributed by atoms with Gasteiger partial charge in [0.2, 0.25) is 5.91 Å². The smallest absolute Gasteiger partial charge is 0.407 e. The van der Waals surface area contributed by atoms with Crippen LogP contribution in [0.5, 0.6) is 0 Å². The second-order valence-electron chi connectivity index (χ2n) is 6.65. The molecule has 1 aromatic carbocycles. The lowest BCUT2D eigenvalue weighted by atomic mass is 10.2. The first-order chi connectivity index (χ1) is 12.5. The van der Waals surface area contributed by atoms with E-state index in [-0.39, 0.29) is 18.9 Å². The maximum atomic E-state index is 11.8. The third-order valence-corrected chi connectivity index (χ3v) is 2.83. The van der Waals surface area contributed by atoms with Gasteiger partial charge in [0.05, 0.1) is 6.42 Å². The average molecular weight is 379 g/mol. The van der Waals surface area contributed by atoms with E-state index in [1.54, 1.807) is 45.0 Å². The Morgan fingerprint density at radius 3 is 2.26 bits per heavy atom. The number of nitrogens with one attached hydrogen (secondary N) is 3. The minimum atomic E-state index is -0.632. The monoisotopic (exact) mass is 379 g/mol.